The fourth-order valence-electron chi connectivity index (χ4n) is 3.07. The number of benzene rings is 3. The summed E-state index contributed by atoms with van der Waals surface area (Å²) in [4.78, 5) is 0. The quantitative estimate of drug-likeness (QED) is 0.563. The Kier molecular flexibility index (Phi) is 4.09. The van der Waals surface area contributed by atoms with Gasteiger partial charge in [0.25, 0.3) is 0 Å². The van der Waals surface area contributed by atoms with Crippen LogP contribution in [-0.2, 0) is 5.54 Å². The van der Waals surface area contributed by atoms with Crippen LogP contribution in [0.1, 0.15) is 16.7 Å². The average molecular weight is 322 g/mol. The maximum Gasteiger partial charge on any atom is 0.152 e. The van der Waals surface area contributed by atoms with Gasteiger partial charge in [0.15, 0.2) is 5.54 Å². The van der Waals surface area contributed by atoms with E-state index in [9.17, 15) is 0 Å². The zero-order chi connectivity index (χ0) is 17.0. The molecule has 0 radical (unpaired) electrons. The van der Waals surface area contributed by atoms with E-state index in [0.29, 0.717) is 0 Å². The monoisotopic (exact) mass is 322 g/mol. The minimum absolute atomic E-state index is 0.557. The van der Waals surface area contributed by atoms with Crippen LogP contribution in [0.5, 0.6) is 0 Å². The first-order valence-electron chi connectivity index (χ1n) is 8.37. The van der Waals surface area contributed by atoms with Gasteiger partial charge in [-0.3, -0.25) is 0 Å². The molecule has 0 saturated heterocycles. The molecule has 2 nitrogen and oxygen atoms in total. The standard InChI is InChI=1S/C23H18N2/c1-4-10-19(11-5-1)16-17-22-18-23(25-24-22,20-12-6-2-7-13-20)21-14-8-3-9-15-21/h1-18H. The lowest BCUT2D eigenvalue weighted by Gasteiger charge is -2.23. The van der Waals surface area contributed by atoms with E-state index >= 15 is 0 Å². The fraction of sp³-hybridized carbons (Fsp3) is 0.0435. The fourth-order valence-corrected chi connectivity index (χ4v) is 3.07. The number of rotatable bonds is 4. The molecule has 0 spiro atoms. The molecule has 0 aliphatic carbocycles. The number of hydrogen-bond donors (Lipinski definition) is 0. The van der Waals surface area contributed by atoms with Crippen molar-refractivity contribution < 1.29 is 0 Å². The molecule has 0 fully saturated rings. The summed E-state index contributed by atoms with van der Waals surface area (Å²) in [6, 6.07) is 30.9. The van der Waals surface area contributed by atoms with E-state index < -0.39 is 5.54 Å². The van der Waals surface area contributed by atoms with Gasteiger partial charge < -0.3 is 0 Å². The molecule has 2 heteroatoms. The predicted octanol–water partition coefficient (Wildman–Crippen LogP) is 5.99. The normalized spacial score (nSPS) is 15.4. The Morgan fingerprint density at radius 2 is 1.12 bits per heavy atom. The Hall–Kier alpha value is -3.26. The maximum atomic E-state index is 4.68. The summed E-state index contributed by atoms with van der Waals surface area (Å²) in [6.07, 6.45) is 6.22. The van der Waals surface area contributed by atoms with Gasteiger partial charge in [-0.25, -0.2) is 0 Å². The minimum Gasteiger partial charge on any atom is -0.168 e. The van der Waals surface area contributed by atoms with Crippen LogP contribution in [-0.4, -0.2) is 0 Å². The molecule has 0 saturated carbocycles. The van der Waals surface area contributed by atoms with Gasteiger partial charge in [0, 0.05) is 0 Å². The Morgan fingerprint density at radius 3 is 1.68 bits per heavy atom. The van der Waals surface area contributed by atoms with Crippen molar-refractivity contribution in [1.82, 2.24) is 0 Å². The van der Waals surface area contributed by atoms with E-state index in [1.54, 1.807) is 0 Å². The molecule has 120 valence electrons. The first kappa shape index (κ1) is 15.3. The molecule has 0 unspecified atom stereocenters. The Labute approximate surface area is 147 Å². The summed E-state index contributed by atoms with van der Waals surface area (Å²) in [6.45, 7) is 0. The maximum absolute atomic E-state index is 4.68. The minimum atomic E-state index is -0.557. The number of nitrogens with zero attached hydrogens (tertiary/aromatic N) is 2. The molecule has 1 heterocycles. The van der Waals surface area contributed by atoms with Crippen LogP contribution in [0.2, 0.25) is 0 Å². The molecule has 0 bridgehead atoms. The van der Waals surface area contributed by atoms with Gasteiger partial charge in [-0.1, -0.05) is 97.1 Å². The van der Waals surface area contributed by atoms with E-state index in [1.807, 2.05) is 60.7 Å². The summed E-state index contributed by atoms with van der Waals surface area (Å²) in [5.41, 5.74) is 3.70. The molecule has 3 aromatic carbocycles. The second-order valence-electron chi connectivity index (χ2n) is 6.01. The third-order valence-electron chi connectivity index (χ3n) is 4.35. The molecule has 0 aromatic heterocycles. The van der Waals surface area contributed by atoms with Gasteiger partial charge in [0.1, 0.15) is 0 Å². The Balaban J connectivity index is 1.75. The average Bonchev–Trinajstić information content (AvgIpc) is 3.14. The van der Waals surface area contributed by atoms with Crippen molar-refractivity contribution in [3.63, 3.8) is 0 Å². The first-order valence-corrected chi connectivity index (χ1v) is 8.37. The number of azo groups is 1. The molecular formula is C23H18N2. The lowest BCUT2D eigenvalue weighted by atomic mass is 9.83. The van der Waals surface area contributed by atoms with Crippen molar-refractivity contribution in [1.29, 1.82) is 0 Å². The van der Waals surface area contributed by atoms with Crippen molar-refractivity contribution in [3.8, 4) is 0 Å². The molecule has 0 amide bonds. The van der Waals surface area contributed by atoms with Crippen LogP contribution >= 0.6 is 0 Å². The van der Waals surface area contributed by atoms with Crippen LogP contribution in [0.25, 0.3) is 6.08 Å². The topological polar surface area (TPSA) is 24.7 Å². The molecular weight excluding hydrogens is 304 g/mol. The predicted molar refractivity (Wildman–Crippen MR) is 102 cm³/mol. The van der Waals surface area contributed by atoms with Crippen molar-refractivity contribution in [2.45, 2.75) is 5.54 Å². The number of allylic oxidation sites excluding steroid dienone is 1. The third kappa shape index (κ3) is 3.07. The van der Waals surface area contributed by atoms with E-state index in [0.717, 1.165) is 22.4 Å². The third-order valence-corrected chi connectivity index (χ3v) is 4.35. The summed E-state index contributed by atoms with van der Waals surface area (Å²) in [7, 11) is 0. The molecule has 1 aliphatic rings. The van der Waals surface area contributed by atoms with Crippen LogP contribution in [0.15, 0.2) is 119 Å². The van der Waals surface area contributed by atoms with E-state index in [2.05, 4.69) is 58.8 Å². The highest BCUT2D eigenvalue weighted by Gasteiger charge is 2.35. The molecule has 3 aromatic rings. The van der Waals surface area contributed by atoms with E-state index in [-0.39, 0.29) is 0 Å². The van der Waals surface area contributed by atoms with E-state index in [4.69, 9.17) is 0 Å². The van der Waals surface area contributed by atoms with Crippen LogP contribution in [0, 0.1) is 0 Å². The first-order chi connectivity index (χ1) is 12.4. The van der Waals surface area contributed by atoms with Crippen molar-refractivity contribution in [2.75, 3.05) is 0 Å². The highest BCUT2D eigenvalue weighted by atomic mass is 15.2. The van der Waals surface area contributed by atoms with Gasteiger partial charge in [-0.05, 0) is 28.8 Å². The lowest BCUT2D eigenvalue weighted by molar-refractivity contribution is 0.670. The Morgan fingerprint density at radius 1 is 0.600 bits per heavy atom. The molecule has 4 rings (SSSR count). The van der Waals surface area contributed by atoms with E-state index in [1.165, 1.54) is 0 Å². The van der Waals surface area contributed by atoms with Gasteiger partial charge in [-0.2, -0.15) is 10.2 Å². The SMILES string of the molecule is C(=Cc1ccccc1)C1=CC(c2ccccc2)(c2ccccc2)N=N1. The second kappa shape index (κ2) is 6.70. The van der Waals surface area contributed by atoms with Crippen molar-refractivity contribution in [3.05, 3.63) is 126 Å². The van der Waals surface area contributed by atoms with Crippen LogP contribution in [0.3, 0.4) is 0 Å². The smallest absolute Gasteiger partial charge is 0.152 e. The highest BCUT2D eigenvalue weighted by Crippen LogP contribution is 2.40. The summed E-state index contributed by atoms with van der Waals surface area (Å²) in [5, 5.41) is 9.14. The van der Waals surface area contributed by atoms with Gasteiger partial charge >= 0.3 is 0 Å². The molecule has 0 atom stereocenters. The summed E-state index contributed by atoms with van der Waals surface area (Å²) >= 11 is 0. The molecule has 1 aliphatic heterocycles. The summed E-state index contributed by atoms with van der Waals surface area (Å²) < 4.78 is 0. The molecule has 0 N–H and O–H groups in total. The molecule has 25 heavy (non-hydrogen) atoms. The largest absolute Gasteiger partial charge is 0.168 e. The van der Waals surface area contributed by atoms with Gasteiger partial charge in [0.05, 0.1) is 5.70 Å². The number of hydrogen-bond acceptors (Lipinski definition) is 2. The summed E-state index contributed by atoms with van der Waals surface area (Å²) in [5.74, 6) is 0. The van der Waals surface area contributed by atoms with Crippen LogP contribution < -0.4 is 0 Å². The van der Waals surface area contributed by atoms with Gasteiger partial charge in [0.2, 0.25) is 0 Å². The van der Waals surface area contributed by atoms with Gasteiger partial charge in [-0.15, -0.1) is 0 Å². The Bertz CT molecular complexity index is 884. The zero-order valence-corrected chi connectivity index (χ0v) is 13.8. The second-order valence-corrected chi connectivity index (χ2v) is 6.01. The lowest BCUT2D eigenvalue weighted by Crippen LogP contribution is -2.20. The van der Waals surface area contributed by atoms with Crippen molar-refractivity contribution >= 4 is 6.08 Å². The van der Waals surface area contributed by atoms with Crippen LogP contribution in [0.4, 0.5) is 0 Å². The van der Waals surface area contributed by atoms with Crippen molar-refractivity contribution in [2.24, 2.45) is 10.2 Å². The highest BCUT2D eigenvalue weighted by molar-refractivity contribution is 5.55. The zero-order valence-electron chi connectivity index (χ0n) is 13.8.